The number of alkyl halides is 1. The number of halogens is 3. The molecule has 1 nitrogen and oxygen atoms in total. The quantitative estimate of drug-likeness (QED) is 0.647. The molecular weight excluding hydrogens is 341 g/mol. The number of nitrogens with zero attached hydrogens (tertiary/aromatic N) is 1. The molecule has 0 amide bonds. The molecule has 2 rings (SSSR count). The van der Waals surface area contributed by atoms with Crippen LogP contribution in [0.1, 0.15) is 24.1 Å². The summed E-state index contributed by atoms with van der Waals surface area (Å²) in [5.74, 6) is -0.212. The lowest BCUT2D eigenvalue weighted by molar-refractivity contribution is 0.625. The highest BCUT2D eigenvalue weighted by Crippen LogP contribution is 2.30. The first-order chi connectivity index (χ1) is 9.52. The minimum atomic E-state index is -0.212. The van der Waals surface area contributed by atoms with Crippen molar-refractivity contribution in [1.29, 1.82) is 0 Å². The van der Waals surface area contributed by atoms with E-state index in [2.05, 4.69) is 27.8 Å². The fraction of sp³-hybridized carbons (Fsp3) is 0.250. The lowest BCUT2D eigenvalue weighted by Gasteiger charge is -2.29. The predicted molar refractivity (Wildman–Crippen MR) is 87.3 cm³/mol. The van der Waals surface area contributed by atoms with Crippen LogP contribution in [0.5, 0.6) is 0 Å². The molecule has 0 aromatic heterocycles. The van der Waals surface area contributed by atoms with Crippen molar-refractivity contribution in [3.05, 3.63) is 64.4 Å². The van der Waals surface area contributed by atoms with Crippen LogP contribution >= 0.6 is 27.5 Å². The maximum absolute atomic E-state index is 13.3. The molecule has 2 aromatic carbocycles. The summed E-state index contributed by atoms with van der Waals surface area (Å²) in [5.41, 5.74) is 3.13. The van der Waals surface area contributed by atoms with Gasteiger partial charge in [-0.25, -0.2) is 4.39 Å². The van der Waals surface area contributed by atoms with Crippen LogP contribution in [-0.2, 0) is 5.33 Å². The van der Waals surface area contributed by atoms with Crippen LogP contribution in [0.25, 0.3) is 0 Å². The molecule has 4 heteroatoms. The normalized spacial score (nSPS) is 12.2. The monoisotopic (exact) mass is 355 g/mol. The zero-order chi connectivity index (χ0) is 14.7. The van der Waals surface area contributed by atoms with Crippen molar-refractivity contribution < 1.29 is 4.39 Å². The second-order valence-electron chi connectivity index (χ2n) is 4.75. The highest BCUT2D eigenvalue weighted by atomic mass is 79.9. The van der Waals surface area contributed by atoms with Gasteiger partial charge in [0.2, 0.25) is 0 Å². The summed E-state index contributed by atoms with van der Waals surface area (Å²) in [7, 11) is 2.01. The molecule has 0 aliphatic heterocycles. The largest absolute Gasteiger partial charge is 0.368 e. The summed E-state index contributed by atoms with van der Waals surface area (Å²) in [6.07, 6.45) is 0. The van der Waals surface area contributed by atoms with E-state index in [-0.39, 0.29) is 11.9 Å². The second kappa shape index (κ2) is 6.59. The highest BCUT2D eigenvalue weighted by Gasteiger charge is 2.15. The molecule has 0 radical (unpaired) electrons. The Morgan fingerprint density at radius 3 is 2.45 bits per heavy atom. The van der Waals surface area contributed by atoms with Crippen molar-refractivity contribution in [3.8, 4) is 0 Å². The minimum absolute atomic E-state index is 0.176. The van der Waals surface area contributed by atoms with Crippen LogP contribution < -0.4 is 4.90 Å². The number of hydrogen-bond acceptors (Lipinski definition) is 1. The number of hydrogen-bond donors (Lipinski definition) is 0. The maximum Gasteiger partial charge on any atom is 0.123 e. The molecular formula is C16H16BrClFN. The van der Waals surface area contributed by atoms with Gasteiger partial charge in [0.15, 0.2) is 0 Å². The molecule has 0 aliphatic rings. The summed E-state index contributed by atoms with van der Waals surface area (Å²) < 4.78 is 13.3. The fourth-order valence-corrected chi connectivity index (χ4v) is 2.75. The number of anilines is 1. The van der Waals surface area contributed by atoms with Gasteiger partial charge in [0.25, 0.3) is 0 Å². The van der Waals surface area contributed by atoms with E-state index in [9.17, 15) is 4.39 Å². The molecule has 0 aliphatic carbocycles. The third kappa shape index (κ3) is 3.33. The average Bonchev–Trinajstić information content (AvgIpc) is 2.46. The average molecular weight is 357 g/mol. The minimum Gasteiger partial charge on any atom is -0.368 e. The Bertz CT molecular complexity index is 586. The van der Waals surface area contributed by atoms with E-state index in [1.165, 1.54) is 11.6 Å². The van der Waals surface area contributed by atoms with Gasteiger partial charge in [-0.2, -0.15) is 0 Å². The molecule has 20 heavy (non-hydrogen) atoms. The molecule has 0 fully saturated rings. The van der Waals surface area contributed by atoms with Gasteiger partial charge in [0.1, 0.15) is 5.82 Å². The summed E-state index contributed by atoms with van der Waals surface area (Å²) in [5, 5.41) is 1.35. The molecule has 1 unspecified atom stereocenters. The summed E-state index contributed by atoms with van der Waals surface area (Å²) in [4.78, 5) is 2.14. The molecule has 0 saturated heterocycles. The summed E-state index contributed by atoms with van der Waals surface area (Å²) in [6, 6.07) is 12.9. The van der Waals surface area contributed by atoms with Crippen LogP contribution in [0.3, 0.4) is 0 Å². The van der Waals surface area contributed by atoms with E-state index in [0.29, 0.717) is 5.33 Å². The molecule has 0 saturated carbocycles. The van der Waals surface area contributed by atoms with Crippen molar-refractivity contribution in [2.75, 3.05) is 11.9 Å². The molecule has 2 aromatic rings. The van der Waals surface area contributed by atoms with E-state index < -0.39 is 0 Å². The molecule has 0 heterocycles. The van der Waals surface area contributed by atoms with Crippen molar-refractivity contribution in [2.45, 2.75) is 18.3 Å². The Hall–Kier alpha value is -1.06. The Balaban J connectivity index is 2.30. The van der Waals surface area contributed by atoms with E-state index in [1.54, 1.807) is 6.07 Å². The Labute approximate surface area is 132 Å². The van der Waals surface area contributed by atoms with Gasteiger partial charge in [0, 0.05) is 23.1 Å². The van der Waals surface area contributed by atoms with Gasteiger partial charge in [-0.15, -0.1) is 0 Å². The first kappa shape index (κ1) is 15.3. The molecule has 1 atom stereocenters. The number of benzene rings is 2. The van der Waals surface area contributed by atoms with Gasteiger partial charge in [-0.05, 0) is 48.4 Å². The lowest BCUT2D eigenvalue weighted by atomic mass is 10.1. The van der Waals surface area contributed by atoms with Crippen LogP contribution in [0.4, 0.5) is 10.1 Å². The lowest BCUT2D eigenvalue weighted by Crippen LogP contribution is -2.22. The van der Waals surface area contributed by atoms with E-state index in [1.807, 2.05) is 37.4 Å². The Morgan fingerprint density at radius 2 is 1.85 bits per heavy atom. The van der Waals surface area contributed by atoms with Crippen molar-refractivity contribution in [3.63, 3.8) is 0 Å². The third-order valence-electron chi connectivity index (χ3n) is 3.50. The van der Waals surface area contributed by atoms with Crippen LogP contribution in [-0.4, -0.2) is 7.05 Å². The maximum atomic E-state index is 13.3. The summed E-state index contributed by atoms with van der Waals surface area (Å²) in [6.45, 7) is 2.12. The SMILES string of the molecule is CC(c1ccc(Cl)cc1)N(C)c1ccc(F)cc1CBr. The highest BCUT2D eigenvalue weighted by molar-refractivity contribution is 9.08. The van der Waals surface area contributed by atoms with E-state index >= 15 is 0 Å². The van der Waals surface area contributed by atoms with Gasteiger partial charge < -0.3 is 4.90 Å². The van der Waals surface area contributed by atoms with Gasteiger partial charge >= 0.3 is 0 Å². The van der Waals surface area contributed by atoms with Gasteiger partial charge in [-0.3, -0.25) is 0 Å². The fourth-order valence-electron chi connectivity index (χ4n) is 2.18. The number of rotatable bonds is 4. The first-order valence-corrected chi connectivity index (χ1v) is 7.85. The zero-order valence-corrected chi connectivity index (χ0v) is 13.7. The third-order valence-corrected chi connectivity index (χ3v) is 4.35. The Kier molecular flexibility index (Phi) is 5.06. The molecule has 0 spiro atoms. The van der Waals surface area contributed by atoms with Crippen molar-refractivity contribution in [1.82, 2.24) is 0 Å². The smallest absolute Gasteiger partial charge is 0.123 e. The first-order valence-electron chi connectivity index (χ1n) is 6.35. The van der Waals surface area contributed by atoms with Crippen LogP contribution in [0.2, 0.25) is 5.02 Å². The van der Waals surface area contributed by atoms with Crippen molar-refractivity contribution in [2.24, 2.45) is 0 Å². The van der Waals surface area contributed by atoms with Crippen molar-refractivity contribution >= 4 is 33.2 Å². The van der Waals surface area contributed by atoms with Gasteiger partial charge in [-0.1, -0.05) is 39.7 Å². The zero-order valence-electron chi connectivity index (χ0n) is 11.4. The topological polar surface area (TPSA) is 3.24 Å². The van der Waals surface area contributed by atoms with Crippen LogP contribution in [0, 0.1) is 5.82 Å². The van der Waals surface area contributed by atoms with Gasteiger partial charge in [0.05, 0.1) is 6.04 Å². The van der Waals surface area contributed by atoms with Crippen LogP contribution in [0.15, 0.2) is 42.5 Å². The molecule has 106 valence electrons. The standard InChI is InChI=1S/C16H16BrClFN/c1-11(12-3-5-14(18)6-4-12)20(2)16-8-7-15(19)9-13(16)10-17/h3-9,11H,10H2,1-2H3. The second-order valence-corrected chi connectivity index (χ2v) is 5.74. The van der Waals surface area contributed by atoms with E-state index in [0.717, 1.165) is 16.3 Å². The molecule has 0 N–H and O–H groups in total. The Morgan fingerprint density at radius 1 is 1.20 bits per heavy atom. The molecule has 0 bridgehead atoms. The summed E-state index contributed by atoms with van der Waals surface area (Å²) >= 11 is 9.33. The predicted octanol–water partition coefficient (Wildman–Crippen LogP) is 5.57. The van der Waals surface area contributed by atoms with E-state index in [4.69, 9.17) is 11.6 Å².